The average Bonchev–Trinajstić information content (AvgIpc) is 3.20. The number of aryl methyl sites for hydroxylation is 1. The van der Waals surface area contributed by atoms with E-state index in [2.05, 4.69) is 22.0 Å². The molecule has 0 saturated carbocycles. The summed E-state index contributed by atoms with van der Waals surface area (Å²) in [4.78, 5) is 19.5. The first kappa shape index (κ1) is 25.0. The number of ether oxygens (including phenoxy) is 1. The zero-order chi connectivity index (χ0) is 24.7. The SMILES string of the molecule is C=N/C=C\c1[nH]c(C(=O)NCc2ccc(S(=O)(=O)c3cccc(OCC(C)C)c3)cc2)cc1C. The Morgan fingerprint density at radius 3 is 2.56 bits per heavy atom. The van der Waals surface area contributed by atoms with Gasteiger partial charge in [-0.25, -0.2) is 8.42 Å². The molecule has 1 heterocycles. The molecule has 8 heteroatoms. The van der Waals surface area contributed by atoms with Crippen LogP contribution in [0.1, 0.15) is 41.2 Å². The lowest BCUT2D eigenvalue weighted by molar-refractivity contribution is 0.0946. The summed E-state index contributed by atoms with van der Waals surface area (Å²) in [5.41, 5.74) is 2.91. The fourth-order valence-corrected chi connectivity index (χ4v) is 4.49. The number of aromatic nitrogens is 1. The number of aliphatic imine (C=N–C) groups is 1. The smallest absolute Gasteiger partial charge is 0.267 e. The average molecular weight is 480 g/mol. The Morgan fingerprint density at radius 2 is 1.88 bits per heavy atom. The highest BCUT2D eigenvalue weighted by molar-refractivity contribution is 7.91. The molecule has 3 rings (SSSR count). The van der Waals surface area contributed by atoms with E-state index in [9.17, 15) is 13.2 Å². The summed E-state index contributed by atoms with van der Waals surface area (Å²) in [5.74, 6) is 0.597. The number of benzene rings is 2. The van der Waals surface area contributed by atoms with Gasteiger partial charge in [0.1, 0.15) is 11.4 Å². The normalized spacial score (nSPS) is 11.6. The number of nitrogens with one attached hydrogen (secondary N) is 2. The Balaban J connectivity index is 1.67. The van der Waals surface area contributed by atoms with Gasteiger partial charge in [-0.3, -0.25) is 9.79 Å². The minimum absolute atomic E-state index is 0.174. The van der Waals surface area contributed by atoms with Crippen LogP contribution in [-0.2, 0) is 16.4 Å². The van der Waals surface area contributed by atoms with Crippen LogP contribution in [0.5, 0.6) is 5.75 Å². The number of rotatable bonds is 10. The van der Waals surface area contributed by atoms with Gasteiger partial charge in [-0.15, -0.1) is 0 Å². The van der Waals surface area contributed by atoms with Crippen LogP contribution in [0.2, 0.25) is 0 Å². The molecule has 0 aliphatic rings. The molecule has 1 aromatic heterocycles. The summed E-state index contributed by atoms with van der Waals surface area (Å²) < 4.78 is 31.8. The monoisotopic (exact) mass is 479 g/mol. The highest BCUT2D eigenvalue weighted by Crippen LogP contribution is 2.25. The first-order chi connectivity index (χ1) is 16.2. The predicted octanol–water partition coefficient (Wildman–Crippen LogP) is 4.79. The van der Waals surface area contributed by atoms with E-state index in [4.69, 9.17) is 4.74 Å². The van der Waals surface area contributed by atoms with Gasteiger partial charge in [0.15, 0.2) is 0 Å². The summed E-state index contributed by atoms with van der Waals surface area (Å²) in [6.45, 7) is 10.1. The van der Waals surface area contributed by atoms with Crippen molar-refractivity contribution in [2.75, 3.05) is 6.61 Å². The van der Waals surface area contributed by atoms with E-state index in [0.717, 1.165) is 16.8 Å². The Labute approximate surface area is 200 Å². The van der Waals surface area contributed by atoms with E-state index in [-0.39, 0.29) is 22.2 Å². The largest absolute Gasteiger partial charge is 0.493 e. The molecule has 1 amide bonds. The second kappa shape index (κ2) is 11.0. The zero-order valence-electron chi connectivity index (χ0n) is 19.5. The number of hydrogen-bond donors (Lipinski definition) is 2. The molecule has 34 heavy (non-hydrogen) atoms. The van der Waals surface area contributed by atoms with Crippen LogP contribution >= 0.6 is 0 Å². The van der Waals surface area contributed by atoms with Crippen molar-refractivity contribution in [1.29, 1.82) is 0 Å². The molecule has 0 radical (unpaired) electrons. The number of nitrogens with zero attached hydrogens (tertiary/aromatic N) is 1. The molecule has 2 N–H and O–H groups in total. The Kier molecular flexibility index (Phi) is 8.07. The molecule has 0 saturated heterocycles. The van der Waals surface area contributed by atoms with Crippen molar-refractivity contribution < 1.29 is 17.9 Å². The maximum absolute atomic E-state index is 13.1. The van der Waals surface area contributed by atoms with E-state index < -0.39 is 9.84 Å². The molecule has 178 valence electrons. The van der Waals surface area contributed by atoms with Crippen molar-refractivity contribution in [3.8, 4) is 5.75 Å². The van der Waals surface area contributed by atoms with Gasteiger partial charge in [0.05, 0.1) is 16.4 Å². The van der Waals surface area contributed by atoms with Crippen LogP contribution in [0.15, 0.2) is 75.6 Å². The lowest BCUT2D eigenvalue weighted by atomic mass is 10.2. The fraction of sp³-hybridized carbons (Fsp3) is 0.231. The van der Waals surface area contributed by atoms with Crippen molar-refractivity contribution >= 4 is 28.5 Å². The lowest BCUT2D eigenvalue weighted by Crippen LogP contribution is -2.23. The topological polar surface area (TPSA) is 101 Å². The quantitative estimate of drug-likeness (QED) is 0.408. The maximum Gasteiger partial charge on any atom is 0.267 e. The number of aromatic amines is 1. The van der Waals surface area contributed by atoms with E-state index in [0.29, 0.717) is 24.0 Å². The predicted molar refractivity (Wildman–Crippen MR) is 134 cm³/mol. The van der Waals surface area contributed by atoms with Gasteiger partial charge in [0.25, 0.3) is 5.91 Å². The van der Waals surface area contributed by atoms with Crippen LogP contribution in [-0.4, -0.2) is 32.6 Å². The molecule has 0 aliphatic carbocycles. The van der Waals surface area contributed by atoms with Crippen molar-refractivity contribution in [1.82, 2.24) is 10.3 Å². The molecule has 3 aromatic rings. The fourth-order valence-electron chi connectivity index (χ4n) is 3.19. The second-order valence-corrected chi connectivity index (χ2v) is 10.2. The van der Waals surface area contributed by atoms with Crippen molar-refractivity contribution in [3.05, 3.63) is 83.3 Å². The first-order valence-electron chi connectivity index (χ1n) is 10.9. The third kappa shape index (κ3) is 6.23. The molecule has 0 fully saturated rings. The van der Waals surface area contributed by atoms with Crippen molar-refractivity contribution in [2.45, 2.75) is 37.1 Å². The minimum atomic E-state index is -3.69. The standard InChI is InChI=1S/C26H29N3O4S/c1-18(2)17-33-21-6-5-7-23(15-21)34(31,32)22-10-8-20(9-11-22)16-28-26(30)25-14-19(3)24(29-25)12-13-27-4/h5-15,18,29H,4,16-17H2,1-3H3,(H,28,30)/b13-12-. The molecule has 0 spiro atoms. The summed E-state index contributed by atoms with van der Waals surface area (Å²) in [5, 5.41) is 2.84. The van der Waals surface area contributed by atoms with Gasteiger partial charge >= 0.3 is 0 Å². The van der Waals surface area contributed by atoms with E-state index in [1.807, 2.05) is 20.8 Å². The van der Waals surface area contributed by atoms with Crippen LogP contribution in [0.3, 0.4) is 0 Å². The number of carbonyl (C=O) groups is 1. The molecule has 7 nitrogen and oxygen atoms in total. The summed E-state index contributed by atoms with van der Waals surface area (Å²) in [6.07, 6.45) is 3.29. The molecule has 0 bridgehead atoms. The molecule has 0 atom stereocenters. The molecule has 0 aliphatic heterocycles. The van der Waals surface area contributed by atoms with E-state index in [1.165, 1.54) is 0 Å². The Hall–Kier alpha value is -3.65. The Morgan fingerprint density at radius 1 is 1.15 bits per heavy atom. The third-order valence-electron chi connectivity index (χ3n) is 5.03. The number of H-pyrrole nitrogens is 1. The molecule has 0 unspecified atom stereocenters. The highest BCUT2D eigenvalue weighted by Gasteiger charge is 2.18. The van der Waals surface area contributed by atoms with Crippen LogP contribution in [0.4, 0.5) is 0 Å². The second-order valence-electron chi connectivity index (χ2n) is 8.29. The van der Waals surface area contributed by atoms with E-state index >= 15 is 0 Å². The number of sulfone groups is 1. The van der Waals surface area contributed by atoms with Gasteiger partial charge < -0.3 is 15.0 Å². The highest BCUT2D eigenvalue weighted by atomic mass is 32.2. The van der Waals surface area contributed by atoms with Crippen LogP contribution < -0.4 is 10.1 Å². The summed E-state index contributed by atoms with van der Waals surface area (Å²) in [6, 6.07) is 14.7. The third-order valence-corrected chi connectivity index (χ3v) is 6.80. The van der Waals surface area contributed by atoms with Crippen LogP contribution in [0, 0.1) is 12.8 Å². The summed E-state index contributed by atoms with van der Waals surface area (Å²) in [7, 11) is -3.69. The number of hydrogen-bond acceptors (Lipinski definition) is 5. The van der Waals surface area contributed by atoms with Gasteiger partial charge in [-0.05, 0) is 73.2 Å². The lowest BCUT2D eigenvalue weighted by Gasteiger charge is -2.11. The van der Waals surface area contributed by atoms with Gasteiger partial charge in [0.2, 0.25) is 9.84 Å². The first-order valence-corrected chi connectivity index (χ1v) is 12.4. The zero-order valence-corrected chi connectivity index (χ0v) is 20.4. The molecular formula is C26H29N3O4S. The van der Waals surface area contributed by atoms with Gasteiger partial charge in [-0.2, -0.15) is 0 Å². The number of carbonyl (C=O) groups excluding carboxylic acids is 1. The number of amides is 1. The van der Waals surface area contributed by atoms with Gasteiger partial charge in [0, 0.05) is 18.4 Å². The van der Waals surface area contributed by atoms with E-state index in [1.54, 1.807) is 66.9 Å². The van der Waals surface area contributed by atoms with Crippen LogP contribution in [0.25, 0.3) is 6.08 Å². The summed E-state index contributed by atoms with van der Waals surface area (Å²) >= 11 is 0. The molecular weight excluding hydrogens is 450 g/mol. The maximum atomic E-state index is 13.1. The molecule has 2 aromatic carbocycles. The van der Waals surface area contributed by atoms with Crippen molar-refractivity contribution in [3.63, 3.8) is 0 Å². The van der Waals surface area contributed by atoms with Crippen molar-refractivity contribution in [2.24, 2.45) is 10.9 Å². The Bertz CT molecular complexity index is 1290. The van der Waals surface area contributed by atoms with Gasteiger partial charge in [-0.1, -0.05) is 32.0 Å². The minimum Gasteiger partial charge on any atom is -0.493 e.